The Morgan fingerprint density at radius 2 is 1.49 bits per heavy atom. The molecule has 0 aromatic heterocycles. The molecule has 3 N–H and O–H groups in total. The predicted molar refractivity (Wildman–Crippen MR) is 141 cm³/mol. The molecular weight excluding hydrogens is 464 g/mol. The molecule has 0 aliphatic carbocycles. The Morgan fingerprint density at radius 3 is 2.06 bits per heavy atom. The van der Waals surface area contributed by atoms with E-state index in [2.05, 4.69) is 10.6 Å². The Morgan fingerprint density at radius 1 is 0.886 bits per heavy atom. The first-order chi connectivity index (χ1) is 15.7. The van der Waals surface area contributed by atoms with E-state index in [4.69, 9.17) is 4.55 Å². The lowest BCUT2D eigenvalue weighted by Crippen LogP contribution is -2.28. The van der Waals surface area contributed by atoms with Gasteiger partial charge in [0.05, 0.1) is 11.7 Å². The van der Waals surface area contributed by atoms with Gasteiger partial charge in [-0.25, -0.2) is 0 Å². The van der Waals surface area contributed by atoms with Crippen LogP contribution in [0.25, 0.3) is 0 Å². The van der Waals surface area contributed by atoms with Gasteiger partial charge in [0.2, 0.25) is 5.91 Å². The quantitative estimate of drug-likeness (QED) is 0.365. The van der Waals surface area contributed by atoms with Crippen LogP contribution in [0.1, 0.15) is 47.8 Å². The number of benzene rings is 3. The number of amides is 2. The fraction of sp³-hybridized carbons (Fsp3) is 0.259. The monoisotopic (exact) mass is 498 g/mol. The van der Waals surface area contributed by atoms with Crippen LogP contribution in [0, 0.1) is 6.92 Å². The van der Waals surface area contributed by atoms with Crippen molar-refractivity contribution < 1.29 is 22.6 Å². The molecule has 1 unspecified atom stereocenters. The summed E-state index contributed by atoms with van der Waals surface area (Å²) in [5.74, 6) is -1.55. The highest BCUT2D eigenvalue weighted by molar-refractivity contribution is 7.85. The van der Waals surface area contributed by atoms with Crippen LogP contribution in [0.5, 0.6) is 0 Å². The Hall–Kier alpha value is -3.49. The maximum atomic E-state index is 13.1. The van der Waals surface area contributed by atoms with E-state index in [0.717, 1.165) is 22.4 Å². The minimum absolute atomic E-state index is 0. The van der Waals surface area contributed by atoms with E-state index < -0.39 is 27.7 Å². The van der Waals surface area contributed by atoms with E-state index >= 15 is 0 Å². The molecule has 0 aliphatic rings. The molecular formula is C27H34N2O5S. The summed E-state index contributed by atoms with van der Waals surface area (Å²) < 4.78 is 30.3. The van der Waals surface area contributed by atoms with Gasteiger partial charge in [0, 0.05) is 17.8 Å². The van der Waals surface area contributed by atoms with Crippen LogP contribution in [0.15, 0.2) is 78.9 Å². The molecule has 0 saturated carbocycles. The third-order valence-corrected chi connectivity index (χ3v) is 5.86. The van der Waals surface area contributed by atoms with Gasteiger partial charge in [-0.1, -0.05) is 75.0 Å². The fourth-order valence-corrected chi connectivity index (χ4v) is 3.70. The maximum absolute atomic E-state index is 13.1. The van der Waals surface area contributed by atoms with Crippen LogP contribution in [-0.4, -0.2) is 37.1 Å². The largest absolute Gasteiger partial charge is 0.351 e. The van der Waals surface area contributed by atoms with Crippen molar-refractivity contribution in [2.75, 3.05) is 17.6 Å². The van der Waals surface area contributed by atoms with Crippen molar-refractivity contribution >= 4 is 27.6 Å². The summed E-state index contributed by atoms with van der Waals surface area (Å²) in [6.07, 6.45) is 0.437. The zero-order chi connectivity index (χ0) is 23.8. The zero-order valence-corrected chi connectivity index (χ0v) is 19.0. The molecule has 0 radical (unpaired) electrons. The van der Waals surface area contributed by atoms with E-state index in [1.807, 2.05) is 61.5 Å². The highest BCUT2D eigenvalue weighted by Gasteiger charge is 2.21. The normalized spacial score (nSPS) is 11.4. The van der Waals surface area contributed by atoms with Gasteiger partial charge in [0.15, 0.2) is 0 Å². The molecule has 1 atom stereocenters. The summed E-state index contributed by atoms with van der Waals surface area (Å²) in [6.45, 7) is 1.80. The lowest BCUT2D eigenvalue weighted by atomic mass is 9.90. The summed E-state index contributed by atoms with van der Waals surface area (Å²) in [5, 5.41) is 5.43. The van der Waals surface area contributed by atoms with Gasteiger partial charge < -0.3 is 10.6 Å². The molecule has 8 heteroatoms. The second-order valence-electron chi connectivity index (χ2n) is 7.76. The van der Waals surface area contributed by atoms with Crippen molar-refractivity contribution in [2.45, 2.75) is 34.1 Å². The number of carbonyl (C=O) groups excluding carboxylic acids is 2. The molecule has 7 nitrogen and oxygen atoms in total. The molecule has 3 rings (SSSR count). The minimum Gasteiger partial charge on any atom is -0.351 e. The SMILES string of the molecule is C.C.Cc1ccc(NC(=O)C(Cc2ccc(C(=O)NCCS(=O)(=O)O)cc2)c2ccccc2)cc1. The van der Waals surface area contributed by atoms with Crippen LogP contribution in [0.2, 0.25) is 0 Å². The Balaban J connectivity index is 0.00000306. The van der Waals surface area contributed by atoms with Gasteiger partial charge in [0.1, 0.15) is 0 Å². The summed E-state index contributed by atoms with van der Waals surface area (Å²) in [7, 11) is -4.13. The summed E-state index contributed by atoms with van der Waals surface area (Å²) >= 11 is 0. The molecule has 0 bridgehead atoms. The van der Waals surface area contributed by atoms with Crippen LogP contribution < -0.4 is 10.6 Å². The van der Waals surface area contributed by atoms with Crippen molar-refractivity contribution in [2.24, 2.45) is 0 Å². The number of carbonyl (C=O) groups is 2. The summed E-state index contributed by atoms with van der Waals surface area (Å²) in [4.78, 5) is 25.3. The number of rotatable bonds is 9. The van der Waals surface area contributed by atoms with Gasteiger partial charge in [-0.15, -0.1) is 0 Å². The molecule has 2 amide bonds. The van der Waals surface area contributed by atoms with Crippen LogP contribution in [0.3, 0.4) is 0 Å². The van der Waals surface area contributed by atoms with Gasteiger partial charge >= 0.3 is 0 Å². The number of anilines is 1. The predicted octanol–water partition coefficient (Wildman–Crippen LogP) is 4.85. The minimum atomic E-state index is -4.13. The van der Waals surface area contributed by atoms with E-state index in [-0.39, 0.29) is 27.3 Å². The lowest BCUT2D eigenvalue weighted by molar-refractivity contribution is -0.117. The van der Waals surface area contributed by atoms with Crippen molar-refractivity contribution in [1.82, 2.24) is 5.32 Å². The second-order valence-corrected chi connectivity index (χ2v) is 9.33. The Bertz CT molecular complexity index is 1190. The number of nitrogens with one attached hydrogen (secondary N) is 2. The van der Waals surface area contributed by atoms with Gasteiger partial charge in [0.25, 0.3) is 16.0 Å². The average molecular weight is 499 g/mol. The second kappa shape index (κ2) is 13.4. The fourth-order valence-electron chi connectivity index (χ4n) is 3.34. The Kier molecular flexibility index (Phi) is 11.3. The third kappa shape index (κ3) is 9.35. The third-order valence-electron chi connectivity index (χ3n) is 5.14. The first-order valence-corrected chi connectivity index (χ1v) is 12.1. The molecule has 0 aliphatic heterocycles. The maximum Gasteiger partial charge on any atom is 0.266 e. The van der Waals surface area contributed by atoms with Crippen LogP contribution >= 0.6 is 0 Å². The van der Waals surface area contributed by atoms with Crippen molar-refractivity contribution in [3.63, 3.8) is 0 Å². The van der Waals surface area contributed by atoms with Crippen molar-refractivity contribution in [1.29, 1.82) is 0 Å². The molecule has 3 aromatic carbocycles. The molecule has 3 aromatic rings. The molecule has 0 saturated heterocycles. The van der Waals surface area contributed by atoms with Crippen molar-refractivity contribution in [3.05, 3.63) is 101 Å². The summed E-state index contributed by atoms with van der Waals surface area (Å²) in [6, 6.07) is 23.9. The smallest absolute Gasteiger partial charge is 0.266 e. The average Bonchev–Trinajstić information content (AvgIpc) is 2.79. The summed E-state index contributed by atoms with van der Waals surface area (Å²) in [5.41, 5.74) is 3.94. The Labute approximate surface area is 208 Å². The van der Waals surface area contributed by atoms with Crippen LogP contribution in [0.4, 0.5) is 5.69 Å². The van der Waals surface area contributed by atoms with Crippen molar-refractivity contribution in [3.8, 4) is 0 Å². The van der Waals surface area contributed by atoms with Gasteiger partial charge in [-0.05, 0) is 48.7 Å². The van der Waals surface area contributed by atoms with E-state index in [0.29, 0.717) is 12.0 Å². The molecule has 188 valence electrons. The number of hydrogen-bond donors (Lipinski definition) is 3. The van der Waals surface area contributed by atoms with Crippen LogP contribution in [-0.2, 0) is 21.3 Å². The standard InChI is InChI=1S/C25H26N2O5S.2CH4/c1-18-7-13-22(14-8-18)27-25(29)23(20-5-3-2-4-6-20)17-19-9-11-21(12-10-19)24(28)26-15-16-33(30,31)32;;/h2-14,23H,15-17H2,1H3,(H,26,28)(H,27,29)(H,30,31,32);2*1H4. The zero-order valence-electron chi connectivity index (χ0n) is 18.2. The van der Waals surface area contributed by atoms with E-state index in [1.54, 1.807) is 24.3 Å². The molecule has 0 fully saturated rings. The molecule has 0 heterocycles. The van der Waals surface area contributed by atoms with Gasteiger partial charge in [-0.3, -0.25) is 14.1 Å². The molecule has 35 heavy (non-hydrogen) atoms. The first kappa shape index (κ1) is 29.5. The molecule has 0 spiro atoms. The van der Waals surface area contributed by atoms with Gasteiger partial charge in [-0.2, -0.15) is 8.42 Å². The highest BCUT2D eigenvalue weighted by atomic mass is 32.2. The highest BCUT2D eigenvalue weighted by Crippen LogP contribution is 2.23. The number of hydrogen-bond acceptors (Lipinski definition) is 4. The topological polar surface area (TPSA) is 113 Å². The first-order valence-electron chi connectivity index (χ1n) is 10.5. The number of aryl methyl sites for hydroxylation is 1. The van der Waals surface area contributed by atoms with E-state index in [1.165, 1.54) is 0 Å². The lowest BCUT2D eigenvalue weighted by Gasteiger charge is -2.18. The van der Waals surface area contributed by atoms with E-state index in [9.17, 15) is 18.0 Å².